The van der Waals surface area contributed by atoms with Gasteiger partial charge in [0.2, 0.25) is 11.8 Å². The molecule has 1 saturated heterocycles. The van der Waals surface area contributed by atoms with Crippen LogP contribution >= 0.6 is 35.3 Å². The van der Waals surface area contributed by atoms with Gasteiger partial charge in [-0.3, -0.25) is 14.6 Å². The Labute approximate surface area is 208 Å². The lowest BCUT2D eigenvalue weighted by atomic mass is 10.1. The molecule has 0 radical (unpaired) electrons. The number of piperazine rings is 1. The zero-order valence-electron chi connectivity index (χ0n) is 19.1. The van der Waals surface area contributed by atoms with Crippen molar-refractivity contribution in [1.82, 2.24) is 20.4 Å². The van der Waals surface area contributed by atoms with Crippen LogP contribution < -0.4 is 10.6 Å². The molecule has 0 saturated carbocycles. The van der Waals surface area contributed by atoms with Crippen LogP contribution in [0.1, 0.15) is 50.8 Å². The van der Waals surface area contributed by atoms with Gasteiger partial charge in [0.1, 0.15) is 0 Å². The molecular weight excluding hydrogens is 525 g/mol. The Morgan fingerprint density at radius 3 is 2.32 bits per heavy atom. The first-order chi connectivity index (χ1) is 14.5. The summed E-state index contributed by atoms with van der Waals surface area (Å²) in [6.45, 7) is 8.40. The smallest absolute Gasteiger partial charge is 0.222 e. The summed E-state index contributed by atoms with van der Waals surface area (Å²) < 4.78 is 0. The standard InChI is InChI=1S/C22H37N5O2S.HI/c1-18(2)16-21(29)27-13-11-26(12-14-27)20(28)9-5-4-6-10-24-22(23-3)25-17-19-8-7-15-30-19;/h7-8,15,18H,4-6,9-14,16-17H2,1-3H3,(H2,23,24,25);1H. The van der Waals surface area contributed by atoms with Gasteiger partial charge in [-0.15, -0.1) is 35.3 Å². The number of nitrogens with one attached hydrogen (secondary N) is 2. The van der Waals surface area contributed by atoms with E-state index in [-0.39, 0.29) is 35.8 Å². The molecule has 31 heavy (non-hydrogen) atoms. The molecule has 2 amide bonds. The summed E-state index contributed by atoms with van der Waals surface area (Å²) in [7, 11) is 1.78. The second-order valence-corrected chi connectivity index (χ2v) is 9.13. The number of amides is 2. The maximum Gasteiger partial charge on any atom is 0.222 e. The van der Waals surface area contributed by atoms with Crippen molar-refractivity contribution in [2.45, 2.75) is 52.5 Å². The first kappa shape index (κ1) is 27.7. The average Bonchev–Trinajstić information content (AvgIpc) is 3.25. The van der Waals surface area contributed by atoms with E-state index in [0.717, 1.165) is 38.3 Å². The van der Waals surface area contributed by atoms with Gasteiger partial charge in [0, 0.05) is 57.5 Å². The molecule has 176 valence electrons. The van der Waals surface area contributed by atoms with E-state index in [4.69, 9.17) is 0 Å². The van der Waals surface area contributed by atoms with Crippen LogP contribution in [0, 0.1) is 5.92 Å². The Balaban J connectivity index is 0.00000480. The number of rotatable bonds is 10. The lowest BCUT2D eigenvalue weighted by molar-refractivity contribution is -0.140. The van der Waals surface area contributed by atoms with Crippen molar-refractivity contribution < 1.29 is 9.59 Å². The first-order valence-corrected chi connectivity index (χ1v) is 11.9. The highest BCUT2D eigenvalue weighted by Gasteiger charge is 2.23. The molecule has 1 aliphatic heterocycles. The topological polar surface area (TPSA) is 77.0 Å². The van der Waals surface area contributed by atoms with Crippen LogP contribution in [0.3, 0.4) is 0 Å². The predicted octanol–water partition coefficient (Wildman–Crippen LogP) is 3.31. The molecule has 7 nitrogen and oxygen atoms in total. The largest absolute Gasteiger partial charge is 0.356 e. The van der Waals surface area contributed by atoms with Gasteiger partial charge >= 0.3 is 0 Å². The number of aliphatic imine (C=N–C) groups is 1. The maximum atomic E-state index is 12.4. The Kier molecular flexibility index (Phi) is 13.8. The highest BCUT2D eigenvalue weighted by atomic mass is 127. The maximum absolute atomic E-state index is 12.4. The molecular formula is C22H38IN5O2S. The normalized spacial score (nSPS) is 14.4. The second kappa shape index (κ2) is 15.4. The molecule has 1 aromatic heterocycles. The zero-order chi connectivity index (χ0) is 21.8. The minimum atomic E-state index is 0. The van der Waals surface area contributed by atoms with Gasteiger partial charge in [0.25, 0.3) is 0 Å². The van der Waals surface area contributed by atoms with Gasteiger partial charge in [0.15, 0.2) is 5.96 Å². The molecule has 2 rings (SSSR count). The molecule has 1 aromatic rings. The summed E-state index contributed by atoms with van der Waals surface area (Å²) in [5.74, 6) is 1.62. The molecule has 9 heteroatoms. The Bertz CT molecular complexity index is 673. The van der Waals surface area contributed by atoms with Crippen molar-refractivity contribution in [3.8, 4) is 0 Å². The number of carbonyl (C=O) groups is 2. The SMILES string of the molecule is CN=C(NCCCCCC(=O)N1CCN(C(=O)CC(C)C)CC1)NCc1cccs1.I. The lowest BCUT2D eigenvalue weighted by Crippen LogP contribution is -2.50. The fourth-order valence-corrected chi connectivity index (χ4v) is 4.08. The van der Waals surface area contributed by atoms with Crippen LogP contribution in [0.15, 0.2) is 22.5 Å². The van der Waals surface area contributed by atoms with Gasteiger partial charge in [-0.2, -0.15) is 0 Å². The Hall–Kier alpha value is -1.36. The van der Waals surface area contributed by atoms with E-state index in [1.165, 1.54) is 4.88 Å². The molecule has 0 aliphatic carbocycles. The Morgan fingerprint density at radius 2 is 1.74 bits per heavy atom. The molecule has 0 aromatic carbocycles. The molecule has 2 N–H and O–H groups in total. The van der Waals surface area contributed by atoms with Crippen molar-refractivity contribution in [2.75, 3.05) is 39.8 Å². The van der Waals surface area contributed by atoms with E-state index in [1.54, 1.807) is 18.4 Å². The summed E-state index contributed by atoms with van der Waals surface area (Å²) >= 11 is 1.73. The van der Waals surface area contributed by atoms with Crippen LogP contribution in [-0.2, 0) is 16.1 Å². The van der Waals surface area contributed by atoms with Crippen molar-refractivity contribution in [3.05, 3.63) is 22.4 Å². The van der Waals surface area contributed by atoms with Crippen LogP contribution in [-0.4, -0.2) is 67.3 Å². The van der Waals surface area contributed by atoms with Gasteiger partial charge < -0.3 is 20.4 Å². The molecule has 0 atom stereocenters. The van der Waals surface area contributed by atoms with Gasteiger partial charge in [-0.1, -0.05) is 26.3 Å². The third-order valence-corrected chi connectivity index (χ3v) is 6.04. The third kappa shape index (κ3) is 10.7. The van der Waals surface area contributed by atoms with Crippen LogP contribution in [0.4, 0.5) is 0 Å². The minimum absolute atomic E-state index is 0. The highest BCUT2D eigenvalue weighted by molar-refractivity contribution is 14.0. The summed E-state index contributed by atoms with van der Waals surface area (Å²) in [6, 6.07) is 4.15. The number of carbonyl (C=O) groups excluding carboxylic acids is 2. The summed E-state index contributed by atoms with van der Waals surface area (Å²) in [4.78, 5) is 33.9. The number of nitrogens with zero attached hydrogens (tertiary/aromatic N) is 3. The quantitative estimate of drug-likeness (QED) is 0.198. The first-order valence-electron chi connectivity index (χ1n) is 11.0. The highest BCUT2D eigenvalue weighted by Crippen LogP contribution is 2.11. The lowest BCUT2D eigenvalue weighted by Gasteiger charge is -2.35. The number of unbranched alkanes of at least 4 members (excludes halogenated alkanes) is 2. The number of hydrogen-bond donors (Lipinski definition) is 2. The van der Waals surface area contributed by atoms with Crippen LogP contribution in [0.5, 0.6) is 0 Å². The van der Waals surface area contributed by atoms with E-state index in [0.29, 0.717) is 44.9 Å². The molecule has 0 unspecified atom stereocenters. The van der Waals surface area contributed by atoms with Crippen molar-refractivity contribution >= 4 is 53.1 Å². The van der Waals surface area contributed by atoms with Crippen LogP contribution in [0.25, 0.3) is 0 Å². The van der Waals surface area contributed by atoms with Crippen LogP contribution in [0.2, 0.25) is 0 Å². The van der Waals surface area contributed by atoms with E-state index in [1.807, 2.05) is 15.9 Å². The van der Waals surface area contributed by atoms with Gasteiger partial charge in [-0.25, -0.2) is 0 Å². The van der Waals surface area contributed by atoms with E-state index >= 15 is 0 Å². The zero-order valence-corrected chi connectivity index (χ0v) is 22.2. The summed E-state index contributed by atoms with van der Waals surface area (Å²) in [5.41, 5.74) is 0. The fourth-order valence-electron chi connectivity index (χ4n) is 3.43. The van der Waals surface area contributed by atoms with E-state index < -0.39 is 0 Å². The monoisotopic (exact) mass is 563 g/mol. The summed E-state index contributed by atoms with van der Waals surface area (Å²) in [5, 5.41) is 8.70. The average molecular weight is 564 g/mol. The predicted molar refractivity (Wildman–Crippen MR) is 139 cm³/mol. The third-order valence-electron chi connectivity index (χ3n) is 5.16. The fraction of sp³-hybridized carbons (Fsp3) is 0.682. The van der Waals surface area contributed by atoms with Gasteiger partial charge in [0.05, 0.1) is 6.54 Å². The second-order valence-electron chi connectivity index (χ2n) is 8.10. The minimum Gasteiger partial charge on any atom is -0.356 e. The van der Waals surface area contributed by atoms with Crippen molar-refractivity contribution in [2.24, 2.45) is 10.9 Å². The molecule has 1 aliphatic rings. The number of halogens is 1. The Morgan fingerprint density at radius 1 is 1.06 bits per heavy atom. The molecule has 0 spiro atoms. The summed E-state index contributed by atoms with van der Waals surface area (Å²) in [6.07, 6.45) is 4.09. The van der Waals surface area contributed by atoms with E-state index in [9.17, 15) is 9.59 Å². The number of hydrogen-bond acceptors (Lipinski definition) is 4. The van der Waals surface area contributed by atoms with Crippen molar-refractivity contribution in [3.63, 3.8) is 0 Å². The number of thiophene rings is 1. The van der Waals surface area contributed by atoms with E-state index in [2.05, 4.69) is 40.9 Å². The molecule has 0 bridgehead atoms. The number of guanidine groups is 1. The van der Waals surface area contributed by atoms with Gasteiger partial charge in [-0.05, 0) is 30.2 Å². The molecule has 2 heterocycles. The van der Waals surface area contributed by atoms with Crippen molar-refractivity contribution in [1.29, 1.82) is 0 Å². The molecule has 1 fully saturated rings.